The summed E-state index contributed by atoms with van der Waals surface area (Å²) < 4.78 is 45.0. The van der Waals surface area contributed by atoms with Gasteiger partial charge in [-0.3, -0.25) is 0 Å². The maximum atomic E-state index is 13.2. The lowest BCUT2D eigenvalue weighted by Crippen LogP contribution is -2.19. The van der Waals surface area contributed by atoms with Gasteiger partial charge in [0.15, 0.2) is 0 Å². The molecular formula is C19H24F3N3O. The van der Waals surface area contributed by atoms with Crippen LogP contribution in [0.3, 0.4) is 0 Å². The van der Waals surface area contributed by atoms with Crippen molar-refractivity contribution in [2.45, 2.75) is 39.8 Å². The van der Waals surface area contributed by atoms with E-state index in [9.17, 15) is 13.2 Å². The minimum absolute atomic E-state index is 0.0810. The lowest BCUT2D eigenvalue weighted by molar-refractivity contribution is -0.139. The van der Waals surface area contributed by atoms with E-state index in [0.29, 0.717) is 0 Å². The summed E-state index contributed by atoms with van der Waals surface area (Å²) in [5.74, 6) is -0.186. The molecule has 1 heterocycles. The van der Waals surface area contributed by atoms with E-state index in [0.717, 1.165) is 30.3 Å². The van der Waals surface area contributed by atoms with Crippen LogP contribution in [-0.4, -0.2) is 23.6 Å². The Labute approximate surface area is 152 Å². The highest BCUT2D eigenvalue weighted by atomic mass is 19.4. The zero-order valence-electron chi connectivity index (χ0n) is 15.5. The zero-order chi connectivity index (χ0) is 19.3. The SMILES string of the molecule is CCCc1ccccc1N(C)c1ncc(C(F)(F)F)c(OCC(C)C)n1. The Morgan fingerprint density at radius 3 is 2.50 bits per heavy atom. The molecule has 2 rings (SSSR count). The maximum absolute atomic E-state index is 13.2. The second-order valence-corrected chi connectivity index (χ2v) is 6.53. The number of aryl methyl sites for hydroxylation is 1. The predicted octanol–water partition coefficient (Wildman–Crippen LogP) is 5.25. The molecule has 0 aliphatic carbocycles. The number of nitrogens with zero attached hydrogens (tertiary/aromatic N) is 3. The van der Waals surface area contributed by atoms with Gasteiger partial charge in [0.1, 0.15) is 5.56 Å². The minimum atomic E-state index is -4.57. The smallest absolute Gasteiger partial charge is 0.423 e. The molecule has 0 saturated carbocycles. The van der Waals surface area contributed by atoms with Crippen molar-refractivity contribution in [1.29, 1.82) is 0 Å². The van der Waals surface area contributed by atoms with Crippen LogP contribution in [0.4, 0.5) is 24.8 Å². The molecule has 7 heteroatoms. The van der Waals surface area contributed by atoms with Gasteiger partial charge in [0.2, 0.25) is 11.8 Å². The number of halogens is 3. The van der Waals surface area contributed by atoms with Crippen LogP contribution in [0.1, 0.15) is 38.3 Å². The van der Waals surface area contributed by atoms with Crippen molar-refractivity contribution in [3.63, 3.8) is 0 Å². The number of benzene rings is 1. The molecular weight excluding hydrogens is 343 g/mol. The Morgan fingerprint density at radius 2 is 1.88 bits per heavy atom. The van der Waals surface area contributed by atoms with Gasteiger partial charge in [0, 0.05) is 18.9 Å². The first-order valence-electron chi connectivity index (χ1n) is 8.62. The Hall–Kier alpha value is -2.31. The van der Waals surface area contributed by atoms with Crippen molar-refractivity contribution in [2.75, 3.05) is 18.6 Å². The first-order valence-corrected chi connectivity index (χ1v) is 8.62. The van der Waals surface area contributed by atoms with Crippen molar-refractivity contribution in [3.05, 3.63) is 41.6 Å². The first-order chi connectivity index (χ1) is 12.2. The summed E-state index contributed by atoms with van der Waals surface area (Å²) in [7, 11) is 1.74. The normalized spacial score (nSPS) is 11.7. The van der Waals surface area contributed by atoms with Crippen molar-refractivity contribution < 1.29 is 17.9 Å². The Kier molecular flexibility index (Phi) is 6.45. The molecule has 0 radical (unpaired) electrons. The third-order valence-electron chi connectivity index (χ3n) is 3.77. The van der Waals surface area contributed by atoms with Gasteiger partial charge in [0.25, 0.3) is 0 Å². The fourth-order valence-corrected chi connectivity index (χ4v) is 2.50. The summed E-state index contributed by atoms with van der Waals surface area (Å²) in [5, 5.41) is 0. The molecule has 1 aromatic heterocycles. The Balaban J connectivity index is 2.42. The van der Waals surface area contributed by atoms with E-state index < -0.39 is 17.6 Å². The molecule has 0 unspecified atom stereocenters. The maximum Gasteiger partial charge on any atom is 0.423 e. The van der Waals surface area contributed by atoms with Gasteiger partial charge in [-0.25, -0.2) is 4.98 Å². The molecule has 0 fully saturated rings. The molecule has 2 aromatic rings. The highest BCUT2D eigenvalue weighted by Gasteiger charge is 2.36. The van der Waals surface area contributed by atoms with Crippen LogP contribution in [0.15, 0.2) is 30.5 Å². The Morgan fingerprint density at radius 1 is 1.19 bits per heavy atom. The number of alkyl halides is 3. The molecule has 26 heavy (non-hydrogen) atoms. The van der Waals surface area contributed by atoms with Crippen LogP contribution in [-0.2, 0) is 12.6 Å². The van der Waals surface area contributed by atoms with Crippen LogP contribution < -0.4 is 9.64 Å². The van der Waals surface area contributed by atoms with Gasteiger partial charge in [-0.15, -0.1) is 0 Å². The number of ether oxygens (including phenoxy) is 1. The van der Waals surface area contributed by atoms with E-state index in [-0.39, 0.29) is 18.5 Å². The molecule has 0 aliphatic heterocycles. The third-order valence-corrected chi connectivity index (χ3v) is 3.77. The quantitative estimate of drug-likeness (QED) is 0.670. The third kappa shape index (κ3) is 4.86. The molecule has 0 N–H and O–H groups in total. The second kappa shape index (κ2) is 8.38. The van der Waals surface area contributed by atoms with Crippen LogP contribution in [0.25, 0.3) is 0 Å². The fourth-order valence-electron chi connectivity index (χ4n) is 2.50. The first kappa shape index (κ1) is 20.0. The molecule has 4 nitrogen and oxygen atoms in total. The average molecular weight is 367 g/mol. The summed E-state index contributed by atoms with van der Waals surface area (Å²) in [4.78, 5) is 9.67. The minimum Gasteiger partial charge on any atom is -0.477 e. The number of para-hydroxylation sites is 1. The average Bonchev–Trinajstić information content (AvgIpc) is 2.59. The van der Waals surface area contributed by atoms with Crippen molar-refractivity contribution in [3.8, 4) is 5.88 Å². The topological polar surface area (TPSA) is 38.2 Å². The van der Waals surface area contributed by atoms with E-state index >= 15 is 0 Å². The summed E-state index contributed by atoms with van der Waals surface area (Å²) in [5.41, 5.74) is 0.992. The number of hydrogen-bond acceptors (Lipinski definition) is 4. The van der Waals surface area contributed by atoms with E-state index in [2.05, 4.69) is 16.9 Å². The molecule has 0 aliphatic rings. The second-order valence-electron chi connectivity index (χ2n) is 6.53. The van der Waals surface area contributed by atoms with E-state index in [1.807, 2.05) is 38.1 Å². The van der Waals surface area contributed by atoms with Crippen LogP contribution in [0, 0.1) is 5.92 Å². The van der Waals surface area contributed by atoms with Gasteiger partial charge in [0.05, 0.1) is 6.61 Å². The zero-order valence-corrected chi connectivity index (χ0v) is 15.5. The van der Waals surface area contributed by atoms with Crippen molar-refractivity contribution in [2.24, 2.45) is 5.92 Å². The van der Waals surface area contributed by atoms with Crippen LogP contribution in [0.2, 0.25) is 0 Å². The summed E-state index contributed by atoms with van der Waals surface area (Å²) in [6.45, 7) is 5.95. The standard InChI is InChI=1S/C19H24F3N3O/c1-5-8-14-9-6-7-10-16(14)25(4)18-23-11-15(19(20,21)22)17(24-18)26-12-13(2)3/h6-7,9-11,13H,5,8,12H2,1-4H3. The highest BCUT2D eigenvalue weighted by molar-refractivity contribution is 5.61. The van der Waals surface area contributed by atoms with E-state index in [1.54, 1.807) is 11.9 Å². The van der Waals surface area contributed by atoms with Gasteiger partial charge in [-0.1, -0.05) is 45.4 Å². The summed E-state index contributed by atoms with van der Waals surface area (Å²) in [6.07, 6.45) is -1.96. The monoisotopic (exact) mass is 367 g/mol. The number of hydrogen-bond donors (Lipinski definition) is 0. The van der Waals surface area contributed by atoms with E-state index in [1.165, 1.54) is 0 Å². The van der Waals surface area contributed by atoms with Gasteiger partial charge < -0.3 is 9.64 Å². The van der Waals surface area contributed by atoms with Gasteiger partial charge in [-0.2, -0.15) is 18.2 Å². The lowest BCUT2D eigenvalue weighted by atomic mass is 10.1. The van der Waals surface area contributed by atoms with Crippen molar-refractivity contribution in [1.82, 2.24) is 9.97 Å². The lowest BCUT2D eigenvalue weighted by Gasteiger charge is -2.22. The summed E-state index contributed by atoms with van der Waals surface area (Å²) >= 11 is 0. The van der Waals surface area contributed by atoms with Crippen LogP contribution >= 0.6 is 0 Å². The fraction of sp³-hybridized carbons (Fsp3) is 0.474. The molecule has 142 valence electrons. The predicted molar refractivity (Wildman–Crippen MR) is 95.9 cm³/mol. The van der Waals surface area contributed by atoms with Gasteiger partial charge in [-0.05, 0) is 24.0 Å². The molecule has 0 spiro atoms. The molecule has 1 aromatic carbocycles. The highest BCUT2D eigenvalue weighted by Crippen LogP contribution is 2.36. The molecule has 0 bridgehead atoms. The summed E-state index contributed by atoms with van der Waals surface area (Å²) in [6, 6.07) is 7.72. The van der Waals surface area contributed by atoms with Crippen molar-refractivity contribution >= 4 is 11.6 Å². The molecule has 0 atom stereocenters. The van der Waals surface area contributed by atoms with E-state index in [4.69, 9.17) is 4.74 Å². The number of rotatable bonds is 7. The number of aromatic nitrogens is 2. The molecule has 0 saturated heterocycles. The Bertz CT molecular complexity index is 732. The van der Waals surface area contributed by atoms with Gasteiger partial charge >= 0.3 is 6.18 Å². The molecule has 0 amide bonds. The number of anilines is 2. The largest absolute Gasteiger partial charge is 0.477 e. The van der Waals surface area contributed by atoms with Crippen LogP contribution in [0.5, 0.6) is 5.88 Å².